The van der Waals surface area contributed by atoms with E-state index in [1.54, 1.807) is 12.3 Å². The van der Waals surface area contributed by atoms with Crippen LogP contribution in [0.2, 0.25) is 0 Å². The summed E-state index contributed by atoms with van der Waals surface area (Å²) in [6, 6.07) is 7.09. The second kappa shape index (κ2) is 3.70. The van der Waals surface area contributed by atoms with Crippen molar-refractivity contribution in [2.75, 3.05) is 0 Å². The van der Waals surface area contributed by atoms with Gasteiger partial charge < -0.3 is 4.98 Å². The maximum absolute atomic E-state index is 12.5. The minimum atomic E-state index is -4.29. The summed E-state index contributed by atoms with van der Waals surface area (Å²) >= 11 is 0. The van der Waals surface area contributed by atoms with E-state index in [-0.39, 0.29) is 0 Å². The van der Waals surface area contributed by atoms with Gasteiger partial charge >= 0.3 is 6.18 Å². The molecule has 16 heavy (non-hydrogen) atoms. The van der Waals surface area contributed by atoms with Crippen molar-refractivity contribution in [3.63, 3.8) is 0 Å². The summed E-state index contributed by atoms with van der Waals surface area (Å²) in [7, 11) is 0. The minimum Gasteiger partial charge on any atom is -0.361 e. The van der Waals surface area contributed by atoms with E-state index in [4.69, 9.17) is 0 Å². The van der Waals surface area contributed by atoms with E-state index in [1.165, 1.54) is 6.07 Å². The lowest BCUT2D eigenvalue weighted by molar-refractivity contribution is -0.137. The standard InChI is InChI=1S/C12H10F3N/c1-8-5-11(16-7-8)9-3-2-4-10(6-9)12(13,14)15/h2-7,16H,1H3. The predicted molar refractivity (Wildman–Crippen MR) is 56.0 cm³/mol. The molecule has 0 fully saturated rings. The number of alkyl halides is 3. The molecule has 0 aliphatic heterocycles. The zero-order valence-corrected chi connectivity index (χ0v) is 8.60. The van der Waals surface area contributed by atoms with Crippen LogP contribution in [0.4, 0.5) is 13.2 Å². The molecule has 2 rings (SSSR count). The first-order valence-corrected chi connectivity index (χ1v) is 4.79. The maximum atomic E-state index is 12.5. The first-order valence-electron chi connectivity index (χ1n) is 4.79. The molecule has 1 heterocycles. The molecule has 0 amide bonds. The van der Waals surface area contributed by atoms with Crippen LogP contribution >= 0.6 is 0 Å². The van der Waals surface area contributed by atoms with Crippen molar-refractivity contribution in [1.29, 1.82) is 0 Å². The van der Waals surface area contributed by atoms with Crippen LogP contribution < -0.4 is 0 Å². The fourth-order valence-corrected chi connectivity index (χ4v) is 1.53. The molecule has 0 aliphatic carbocycles. The summed E-state index contributed by atoms with van der Waals surface area (Å²) in [4.78, 5) is 2.93. The van der Waals surface area contributed by atoms with Gasteiger partial charge in [0.1, 0.15) is 0 Å². The molecule has 0 bridgehead atoms. The largest absolute Gasteiger partial charge is 0.416 e. The second-order valence-electron chi connectivity index (χ2n) is 3.67. The van der Waals surface area contributed by atoms with Gasteiger partial charge in [0.25, 0.3) is 0 Å². The van der Waals surface area contributed by atoms with Crippen molar-refractivity contribution in [2.45, 2.75) is 13.1 Å². The van der Waals surface area contributed by atoms with Crippen molar-refractivity contribution >= 4 is 0 Å². The molecule has 2 aromatic rings. The second-order valence-corrected chi connectivity index (χ2v) is 3.67. The molecular weight excluding hydrogens is 215 g/mol. The molecule has 4 heteroatoms. The number of rotatable bonds is 1. The smallest absolute Gasteiger partial charge is 0.361 e. The van der Waals surface area contributed by atoms with E-state index in [1.807, 2.05) is 13.0 Å². The lowest BCUT2D eigenvalue weighted by atomic mass is 10.1. The Morgan fingerprint density at radius 1 is 1.12 bits per heavy atom. The van der Waals surface area contributed by atoms with E-state index >= 15 is 0 Å². The van der Waals surface area contributed by atoms with Crippen LogP contribution in [0.5, 0.6) is 0 Å². The molecule has 1 N–H and O–H groups in total. The van der Waals surface area contributed by atoms with E-state index in [0.29, 0.717) is 11.3 Å². The number of H-pyrrole nitrogens is 1. The quantitative estimate of drug-likeness (QED) is 0.754. The zero-order valence-electron chi connectivity index (χ0n) is 8.60. The summed E-state index contributed by atoms with van der Waals surface area (Å²) < 4.78 is 37.4. The molecule has 0 radical (unpaired) electrons. The highest BCUT2D eigenvalue weighted by molar-refractivity contribution is 5.61. The first kappa shape index (κ1) is 10.8. The van der Waals surface area contributed by atoms with Gasteiger partial charge in [-0.05, 0) is 36.2 Å². The molecule has 0 saturated heterocycles. The Balaban J connectivity index is 2.44. The number of nitrogens with one attached hydrogen (secondary N) is 1. The molecular formula is C12H10F3N. The van der Waals surface area contributed by atoms with Gasteiger partial charge in [-0.15, -0.1) is 0 Å². The fourth-order valence-electron chi connectivity index (χ4n) is 1.53. The Kier molecular flexibility index (Phi) is 2.50. The molecule has 0 aliphatic rings. The molecule has 1 aromatic heterocycles. The average molecular weight is 225 g/mol. The van der Waals surface area contributed by atoms with Gasteiger partial charge in [-0.2, -0.15) is 13.2 Å². The van der Waals surface area contributed by atoms with E-state index in [2.05, 4.69) is 4.98 Å². The molecule has 0 saturated carbocycles. The van der Waals surface area contributed by atoms with Gasteiger partial charge in [0.15, 0.2) is 0 Å². The number of aryl methyl sites for hydroxylation is 1. The average Bonchev–Trinajstić information content (AvgIpc) is 2.64. The monoisotopic (exact) mass is 225 g/mol. The van der Waals surface area contributed by atoms with Crippen molar-refractivity contribution < 1.29 is 13.2 Å². The third-order valence-corrected chi connectivity index (χ3v) is 2.33. The summed E-state index contributed by atoms with van der Waals surface area (Å²) in [5, 5.41) is 0. The molecule has 0 atom stereocenters. The molecule has 1 nitrogen and oxygen atoms in total. The van der Waals surface area contributed by atoms with Crippen molar-refractivity contribution in [3.05, 3.63) is 47.7 Å². The lowest BCUT2D eigenvalue weighted by Crippen LogP contribution is -2.04. The van der Waals surface area contributed by atoms with Crippen LogP contribution in [-0.2, 0) is 6.18 Å². The van der Waals surface area contributed by atoms with Crippen LogP contribution in [0.3, 0.4) is 0 Å². The predicted octanol–water partition coefficient (Wildman–Crippen LogP) is 4.01. The van der Waals surface area contributed by atoms with Gasteiger partial charge in [-0.3, -0.25) is 0 Å². The Morgan fingerprint density at radius 2 is 1.88 bits per heavy atom. The summed E-state index contributed by atoms with van der Waals surface area (Å²) in [6.45, 7) is 1.88. The lowest BCUT2D eigenvalue weighted by Gasteiger charge is -2.07. The summed E-state index contributed by atoms with van der Waals surface area (Å²) in [5.41, 5.74) is 1.61. The molecule has 84 valence electrons. The van der Waals surface area contributed by atoms with Crippen LogP contribution in [-0.4, -0.2) is 4.98 Å². The van der Waals surface area contributed by atoms with Crippen LogP contribution in [0, 0.1) is 6.92 Å². The Hall–Kier alpha value is -1.71. The van der Waals surface area contributed by atoms with Crippen molar-refractivity contribution in [2.24, 2.45) is 0 Å². The Bertz CT molecular complexity index is 497. The summed E-state index contributed by atoms with van der Waals surface area (Å²) in [5.74, 6) is 0. The van der Waals surface area contributed by atoms with Gasteiger partial charge in [0.05, 0.1) is 5.56 Å². The molecule has 1 aromatic carbocycles. The van der Waals surface area contributed by atoms with Gasteiger partial charge in [0, 0.05) is 11.9 Å². The van der Waals surface area contributed by atoms with E-state index < -0.39 is 11.7 Å². The van der Waals surface area contributed by atoms with Gasteiger partial charge in [-0.1, -0.05) is 12.1 Å². The topological polar surface area (TPSA) is 15.8 Å². The van der Waals surface area contributed by atoms with E-state index in [0.717, 1.165) is 17.7 Å². The minimum absolute atomic E-state index is 0.544. The SMILES string of the molecule is Cc1c[nH]c(-c2cccc(C(F)(F)F)c2)c1. The summed E-state index contributed by atoms with van der Waals surface area (Å²) in [6.07, 6.45) is -2.53. The molecule has 0 unspecified atom stereocenters. The van der Waals surface area contributed by atoms with Gasteiger partial charge in [0.2, 0.25) is 0 Å². The highest BCUT2D eigenvalue weighted by Gasteiger charge is 2.30. The first-order chi connectivity index (χ1) is 7.47. The van der Waals surface area contributed by atoms with Crippen LogP contribution in [0.25, 0.3) is 11.3 Å². The van der Waals surface area contributed by atoms with Crippen LogP contribution in [0.15, 0.2) is 36.5 Å². The number of aromatic nitrogens is 1. The van der Waals surface area contributed by atoms with Crippen LogP contribution in [0.1, 0.15) is 11.1 Å². The number of benzene rings is 1. The number of aromatic amines is 1. The highest BCUT2D eigenvalue weighted by Crippen LogP contribution is 2.31. The van der Waals surface area contributed by atoms with E-state index in [9.17, 15) is 13.2 Å². The molecule has 0 spiro atoms. The van der Waals surface area contributed by atoms with Gasteiger partial charge in [-0.25, -0.2) is 0 Å². The number of hydrogen-bond donors (Lipinski definition) is 1. The third-order valence-electron chi connectivity index (χ3n) is 2.33. The normalized spacial score (nSPS) is 11.8. The fraction of sp³-hybridized carbons (Fsp3) is 0.167. The highest BCUT2D eigenvalue weighted by atomic mass is 19.4. The third kappa shape index (κ3) is 2.10. The van der Waals surface area contributed by atoms with Crippen molar-refractivity contribution in [1.82, 2.24) is 4.98 Å². The zero-order chi connectivity index (χ0) is 11.8. The maximum Gasteiger partial charge on any atom is 0.416 e. The number of halogens is 3. The number of hydrogen-bond acceptors (Lipinski definition) is 0. The Morgan fingerprint density at radius 3 is 2.44 bits per heavy atom. The van der Waals surface area contributed by atoms with Crippen molar-refractivity contribution in [3.8, 4) is 11.3 Å². The Labute approximate surface area is 90.9 Å².